The molecule has 6 atom stereocenters. The van der Waals surface area contributed by atoms with Crippen molar-refractivity contribution < 1.29 is 33.7 Å². The second-order valence-electron chi connectivity index (χ2n) is 10.3. The second-order valence-corrected chi connectivity index (χ2v) is 10.3. The molecule has 10 heteroatoms. The Balaban J connectivity index is 1.42. The summed E-state index contributed by atoms with van der Waals surface area (Å²) in [5, 5.41) is 13.5. The Bertz CT molecular complexity index is 985. The lowest BCUT2D eigenvalue weighted by Gasteiger charge is -2.37. The fraction of sp³-hybridized carbons (Fsp3) is 0.667. The van der Waals surface area contributed by atoms with Crippen LogP contribution in [0.4, 0.5) is 0 Å². The molecule has 2 bridgehead atoms. The van der Waals surface area contributed by atoms with Gasteiger partial charge in [0, 0.05) is 26.2 Å². The normalized spacial score (nSPS) is 31.8. The number of nitrogens with zero attached hydrogens (tertiary/aromatic N) is 2. The SMILES string of the molecule is CCOC(=O)[C@@H]1[C@H]2C(=O)N([C@@H](CO)Cc3ccccc3)C(C(=O)NCCN3CCOCC3)C23CC[C@H]1O3. The highest BCUT2D eigenvalue weighted by Crippen LogP contribution is 2.59. The summed E-state index contributed by atoms with van der Waals surface area (Å²) in [7, 11) is 0. The average molecular weight is 516 g/mol. The number of ether oxygens (including phenoxy) is 3. The van der Waals surface area contributed by atoms with Crippen molar-refractivity contribution in [2.24, 2.45) is 11.8 Å². The predicted molar refractivity (Wildman–Crippen MR) is 132 cm³/mol. The van der Waals surface area contributed by atoms with Crippen molar-refractivity contribution in [2.45, 2.75) is 50.0 Å². The van der Waals surface area contributed by atoms with Gasteiger partial charge < -0.3 is 29.5 Å². The van der Waals surface area contributed by atoms with E-state index in [9.17, 15) is 19.5 Å². The number of hydrogen-bond donors (Lipinski definition) is 2. The minimum Gasteiger partial charge on any atom is -0.466 e. The van der Waals surface area contributed by atoms with Gasteiger partial charge in [-0.2, -0.15) is 0 Å². The Morgan fingerprint density at radius 1 is 1.24 bits per heavy atom. The standard InChI is InChI=1S/C27H37N3O7/c1-2-36-26(34)21-20-8-9-27(37-20)22(21)25(33)30(19(17-31)16-18-6-4-3-5-7-18)23(27)24(32)28-10-11-29-12-14-35-15-13-29/h3-7,19-23,31H,2,8-17H2,1H3,(H,28,32)/t19-,20-,21+,22+,23?,27?/m1/s1. The molecule has 2 unspecified atom stereocenters. The first-order valence-corrected chi connectivity index (χ1v) is 13.4. The largest absolute Gasteiger partial charge is 0.466 e. The number of aliphatic hydroxyl groups excluding tert-OH is 1. The first kappa shape index (κ1) is 26.1. The summed E-state index contributed by atoms with van der Waals surface area (Å²) in [4.78, 5) is 44.5. The maximum atomic E-state index is 14.0. The number of benzene rings is 1. The van der Waals surface area contributed by atoms with Crippen LogP contribution >= 0.6 is 0 Å². The van der Waals surface area contributed by atoms with E-state index in [-0.39, 0.29) is 25.0 Å². The van der Waals surface area contributed by atoms with E-state index in [1.165, 1.54) is 4.90 Å². The zero-order valence-corrected chi connectivity index (χ0v) is 21.3. The topological polar surface area (TPSA) is 118 Å². The van der Waals surface area contributed by atoms with E-state index in [2.05, 4.69) is 10.2 Å². The summed E-state index contributed by atoms with van der Waals surface area (Å²) >= 11 is 0. The molecule has 4 aliphatic heterocycles. The molecule has 4 saturated heterocycles. The molecule has 0 aromatic heterocycles. The molecular weight excluding hydrogens is 478 g/mol. The number of morpholine rings is 1. The van der Waals surface area contributed by atoms with Gasteiger partial charge in [-0.25, -0.2) is 0 Å². The molecule has 0 aliphatic carbocycles. The van der Waals surface area contributed by atoms with E-state index < -0.39 is 41.6 Å². The Kier molecular flexibility index (Phi) is 7.80. The molecule has 37 heavy (non-hydrogen) atoms. The minimum atomic E-state index is -1.10. The first-order chi connectivity index (χ1) is 18.0. The lowest BCUT2D eigenvalue weighted by atomic mass is 9.71. The van der Waals surface area contributed by atoms with Crippen LogP contribution in [-0.4, -0.2) is 109 Å². The van der Waals surface area contributed by atoms with Gasteiger partial charge in [-0.1, -0.05) is 30.3 Å². The Labute approximate surface area is 217 Å². The van der Waals surface area contributed by atoms with Crippen LogP contribution in [0.3, 0.4) is 0 Å². The molecule has 0 radical (unpaired) electrons. The van der Waals surface area contributed by atoms with Crippen LogP contribution in [0, 0.1) is 11.8 Å². The van der Waals surface area contributed by atoms with Gasteiger partial charge in [0.05, 0.1) is 50.4 Å². The number of hydrogen-bond acceptors (Lipinski definition) is 8. The van der Waals surface area contributed by atoms with Crippen molar-refractivity contribution >= 4 is 17.8 Å². The summed E-state index contributed by atoms with van der Waals surface area (Å²) < 4.78 is 17.1. The number of amides is 2. The van der Waals surface area contributed by atoms with Crippen LogP contribution in [0.15, 0.2) is 30.3 Å². The summed E-state index contributed by atoms with van der Waals surface area (Å²) in [5.41, 5.74) is -0.158. The summed E-state index contributed by atoms with van der Waals surface area (Å²) in [6, 6.07) is 8.02. The summed E-state index contributed by atoms with van der Waals surface area (Å²) in [6.45, 7) is 5.69. The van der Waals surface area contributed by atoms with Gasteiger partial charge in [-0.3, -0.25) is 19.3 Å². The van der Waals surface area contributed by atoms with Gasteiger partial charge in [0.25, 0.3) is 0 Å². The predicted octanol–water partition coefficient (Wildman–Crippen LogP) is -0.0239. The molecule has 2 N–H and O–H groups in total. The number of carbonyl (C=O) groups is 3. The van der Waals surface area contributed by atoms with Gasteiger partial charge in [0.1, 0.15) is 11.6 Å². The molecule has 1 spiro atoms. The molecule has 202 valence electrons. The highest BCUT2D eigenvalue weighted by molar-refractivity contribution is 5.98. The van der Waals surface area contributed by atoms with Gasteiger partial charge in [-0.15, -0.1) is 0 Å². The summed E-state index contributed by atoms with van der Waals surface area (Å²) in [6.07, 6.45) is 1.03. The molecule has 0 saturated carbocycles. The summed E-state index contributed by atoms with van der Waals surface area (Å²) in [5.74, 6) is -2.62. The van der Waals surface area contributed by atoms with Crippen molar-refractivity contribution in [3.8, 4) is 0 Å². The van der Waals surface area contributed by atoms with E-state index >= 15 is 0 Å². The highest BCUT2D eigenvalue weighted by Gasteiger charge is 2.75. The molecular formula is C27H37N3O7. The lowest BCUT2D eigenvalue weighted by molar-refractivity contribution is -0.155. The van der Waals surface area contributed by atoms with E-state index in [4.69, 9.17) is 14.2 Å². The van der Waals surface area contributed by atoms with Crippen molar-refractivity contribution in [2.75, 3.05) is 52.6 Å². The Morgan fingerprint density at radius 2 is 2.00 bits per heavy atom. The van der Waals surface area contributed by atoms with Crippen molar-refractivity contribution in [3.63, 3.8) is 0 Å². The molecule has 4 fully saturated rings. The third kappa shape index (κ3) is 4.76. The van der Waals surface area contributed by atoms with Crippen molar-refractivity contribution in [1.29, 1.82) is 0 Å². The van der Waals surface area contributed by atoms with Crippen molar-refractivity contribution in [3.05, 3.63) is 35.9 Å². The van der Waals surface area contributed by atoms with Crippen molar-refractivity contribution in [1.82, 2.24) is 15.1 Å². The fourth-order valence-electron chi connectivity index (χ4n) is 6.69. The fourth-order valence-corrected chi connectivity index (χ4v) is 6.69. The molecule has 4 aliphatic rings. The van der Waals surface area contributed by atoms with Crippen LogP contribution in [-0.2, 0) is 35.0 Å². The van der Waals surface area contributed by atoms with Gasteiger partial charge >= 0.3 is 5.97 Å². The molecule has 2 amide bonds. The number of carbonyl (C=O) groups excluding carboxylic acids is 3. The number of likely N-dealkylation sites (tertiary alicyclic amines) is 1. The van der Waals surface area contributed by atoms with E-state index in [1.54, 1.807) is 6.92 Å². The lowest BCUT2D eigenvalue weighted by Crippen LogP contribution is -2.59. The number of rotatable bonds is 10. The number of nitrogens with one attached hydrogen (secondary N) is 1. The van der Waals surface area contributed by atoms with Crippen LogP contribution in [0.25, 0.3) is 0 Å². The molecule has 1 aromatic rings. The van der Waals surface area contributed by atoms with Gasteiger partial charge in [0.2, 0.25) is 11.8 Å². The van der Waals surface area contributed by atoms with E-state index in [1.807, 2.05) is 30.3 Å². The monoisotopic (exact) mass is 515 g/mol. The molecule has 5 rings (SSSR count). The van der Waals surface area contributed by atoms with Crippen LogP contribution in [0.5, 0.6) is 0 Å². The molecule has 4 heterocycles. The molecule has 1 aromatic carbocycles. The molecule has 10 nitrogen and oxygen atoms in total. The van der Waals surface area contributed by atoms with Gasteiger partial charge in [-0.05, 0) is 31.7 Å². The van der Waals surface area contributed by atoms with E-state index in [0.717, 1.165) is 18.7 Å². The first-order valence-electron chi connectivity index (χ1n) is 13.4. The van der Waals surface area contributed by atoms with Crippen LogP contribution in [0.2, 0.25) is 0 Å². The maximum absolute atomic E-state index is 14.0. The zero-order chi connectivity index (χ0) is 26.0. The smallest absolute Gasteiger partial charge is 0.312 e. The second kappa shape index (κ2) is 11.1. The van der Waals surface area contributed by atoms with E-state index in [0.29, 0.717) is 45.6 Å². The quantitative estimate of drug-likeness (QED) is 0.418. The number of esters is 1. The minimum absolute atomic E-state index is 0.207. The number of fused-ring (bicyclic) bond motifs is 1. The Hall–Kier alpha value is -2.53. The third-order valence-electron chi connectivity index (χ3n) is 8.29. The van der Waals surface area contributed by atoms with Gasteiger partial charge in [0.15, 0.2) is 0 Å². The maximum Gasteiger partial charge on any atom is 0.312 e. The Morgan fingerprint density at radius 3 is 2.70 bits per heavy atom. The zero-order valence-electron chi connectivity index (χ0n) is 21.3. The van der Waals surface area contributed by atoms with Crippen LogP contribution in [0.1, 0.15) is 25.3 Å². The average Bonchev–Trinajstić information content (AvgIpc) is 3.56. The third-order valence-corrected chi connectivity index (χ3v) is 8.29. The highest BCUT2D eigenvalue weighted by atomic mass is 16.6. The van der Waals surface area contributed by atoms with Crippen LogP contribution < -0.4 is 5.32 Å². The number of aliphatic hydroxyl groups is 1.